The molecule has 18 heavy (non-hydrogen) atoms. The molecule has 0 aliphatic carbocycles. The van der Waals surface area contributed by atoms with Crippen molar-refractivity contribution in [3.05, 3.63) is 29.8 Å². The Morgan fingerprint density at radius 1 is 1.17 bits per heavy atom. The Morgan fingerprint density at radius 3 is 2.50 bits per heavy atom. The Labute approximate surface area is 106 Å². The molecule has 5 heteroatoms. The first-order chi connectivity index (χ1) is 8.70. The quantitative estimate of drug-likeness (QED) is 0.805. The van der Waals surface area contributed by atoms with E-state index < -0.39 is 0 Å². The zero-order valence-corrected chi connectivity index (χ0v) is 10.2. The summed E-state index contributed by atoms with van der Waals surface area (Å²) in [6.45, 7) is 3.03. The molecule has 0 aromatic heterocycles. The molecule has 1 aliphatic rings. The molecular formula is C13H16N4O. The van der Waals surface area contributed by atoms with Crippen molar-refractivity contribution in [1.29, 1.82) is 5.26 Å². The zero-order valence-electron chi connectivity index (χ0n) is 10.2. The summed E-state index contributed by atoms with van der Waals surface area (Å²) in [5.74, 6) is 0. The lowest BCUT2D eigenvalue weighted by Gasteiger charge is -2.23. The Bertz CT molecular complexity index is 463. The summed E-state index contributed by atoms with van der Waals surface area (Å²) in [4.78, 5) is 15.0. The minimum absolute atomic E-state index is 0.350. The van der Waals surface area contributed by atoms with Gasteiger partial charge in [-0.3, -0.25) is 0 Å². The number of benzene rings is 1. The van der Waals surface area contributed by atoms with Crippen LogP contribution in [0.1, 0.15) is 12.0 Å². The predicted molar refractivity (Wildman–Crippen MR) is 69.1 cm³/mol. The fraction of sp³-hybridized carbons (Fsp3) is 0.385. The van der Waals surface area contributed by atoms with Gasteiger partial charge in [-0.15, -0.1) is 0 Å². The molecule has 0 bridgehead atoms. The monoisotopic (exact) mass is 244 g/mol. The number of amides is 2. The number of hydrogen-bond donors (Lipinski definition) is 1. The second-order valence-electron chi connectivity index (χ2n) is 4.32. The smallest absolute Gasteiger partial charge is 0.314 e. The number of anilines is 1. The van der Waals surface area contributed by atoms with E-state index in [1.165, 1.54) is 0 Å². The largest absolute Gasteiger partial charge is 0.370 e. The molecule has 2 amide bonds. The normalized spacial score (nSPS) is 15.9. The highest BCUT2D eigenvalue weighted by atomic mass is 16.2. The van der Waals surface area contributed by atoms with Gasteiger partial charge < -0.3 is 15.5 Å². The van der Waals surface area contributed by atoms with Gasteiger partial charge in [-0.05, 0) is 30.7 Å². The van der Waals surface area contributed by atoms with Gasteiger partial charge in [0.05, 0.1) is 11.6 Å². The molecule has 1 aliphatic heterocycles. The minimum atomic E-state index is -0.350. The summed E-state index contributed by atoms with van der Waals surface area (Å²) in [6.07, 6.45) is 0.906. The van der Waals surface area contributed by atoms with Crippen LogP contribution in [0.15, 0.2) is 24.3 Å². The summed E-state index contributed by atoms with van der Waals surface area (Å²) < 4.78 is 0. The van der Waals surface area contributed by atoms with Crippen molar-refractivity contribution in [2.45, 2.75) is 6.42 Å². The maximum absolute atomic E-state index is 11.1. The van der Waals surface area contributed by atoms with Crippen LogP contribution in [-0.2, 0) is 0 Å². The molecule has 94 valence electrons. The summed E-state index contributed by atoms with van der Waals surface area (Å²) in [5.41, 5.74) is 7.03. The highest BCUT2D eigenvalue weighted by molar-refractivity contribution is 5.72. The Kier molecular flexibility index (Phi) is 3.68. The molecular weight excluding hydrogens is 228 g/mol. The Morgan fingerprint density at radius 2 is 1.89 bits per heavy atom. The van der Waals surface area contributed by atoms with Crippen LogP contribution in [0.5, 0.6) is 0 Å². The van der Waals surface area contributed by atoms with Crippen LogP contribution in [0.2, 0.25) is 0 Å². The number of urea groups is 1. The molecule has 1 fully saturated rings. The third kappa shape index (κ3) is 2.72. The van der Waals surface area contributed by atoms with Crippen LogP contribution in [0.25, 0.3) is 0 Å². The second-order valence-corrected chi connectivity index (χ2v) is 4.32. The first-order valence-corrected chi connectivity index (χ1v) is 6.00. The van der Waals surface area contributed by atoms with E-state index >= 15 is 0 Å². The average Bonchev–Trinajstić information content (AvgIpc) is 2.64. The van der Waals surface area contributed by atoms with Gasteiger partial charge in [0.1, 0.15) is 0 Å². The Hall–Kier alpha value is -2.22. The third-order valence-corrected chi connectivity index (χ3v) is 3.17. The van der Waals surface area contributed by atoms with Crippen LogP contribution < -0.4 is 10.6 Å². The van der Waals surface area contributed by atoms with Crippen molar-refractivity contribution in [2.75, 3.05) is 31.1 Å². The number of nitriles is 1. The second kappa shape index (κ2) is 5.41. The van der Waals surface area contributed by atoms with E-state index in [-0.39, 0.29) is 6.03 Å². The number of nitrogens with zero attached hydrogens (tertiary/aromatic N) is 3. The van der Waals surface area contributed by atoms with Gasteiger partial charge in [-0.2, -0.15) is 5.26 Å². The van der Waals surface area contributed by atoms with Gasteiger partial charge in [0.25, 0.3) is 0 Å². The molecule has 1 saturated heterocycles. The van der Waals surface area contributed by atoms with E-state index in [1.807, 2.05) is 24.3 Å². The van der Waals surface area contributed by atoms with E-state index in [0.717, 1.165) is 25.2 Å². The Balaban J connectivity index is 2.05. The molecule has 0 spiro atoms. The van der Waals surface area contributed by atoms with Gasteiger partial charge in [0.2, 0.25) is 0 Å². The lowest BCUT2D eigenvalue weighted by Crippen LogP contribution is -2.38. The van der Waals surface area contributed by atoms with Crippen molar-refractivity contribution in [1.82, 2.24) is 4.90 Å². The molecule has 1 aromatic rings. The fourth-order valence-corrected chi connectivity index (χ4v) is 2.14. The summed E-state index contributed by atoms with van der Waals surface area (Å²) >= 11 is 0. The van der Waals surface area contributed by atoms with Crippen molar-refractivity contribution in [3.63, 3.8) is 0 Å². The lowest BCUT2D eigenvalue weighted by atomic mass is 10.2. The van der Waals surface area contributed by atoms with Crippen molar-refractivity contribution in [3.8, 4) is 6.07 Å². The van der Waals surface area contributed by atoms with Crippen LogP contribution in [0.3, 0.4) is 0 Å². The van der Waals surface area contributed by atoms with Crippen LogP contribution in [0.4, 0.5) is 10.5 Å². The standard InChI is InChI=1S/C13H16N4O/c14-10-11-2-4-12(5-3-11)16-6-1-7-17(9-8-16)13(15)18/h2-5H,1,6-9H2,(H2,15,18). The summed E-state index contributed by atoms with van der Waals surface area (Å²) in [6, 6.07) is 9.26. The number of carbonyl (C=O) groups is 1. The molecule has 1 aromatic carbocycles. The van der Waals surface area contributed by atoms with E-state index in [4.69, 9.17) is 11.0 Å². The number of nitrogens with two attached hydrogens (primary N) is 1. The van der Waals surface area contributed by atoms with Gasteiger partial charge in [-0.25, -0.2) is 4.79 Å². The highest BCUT2D eigenvalue weighted by Crippen LogP contribution is 2.17. The summed E-state index contributed by atoms with van der Waals surface area (Å²) in [5, 5.41) is 8.76. The minimum Gasteiger partial charge on any atom is -0.370 e. The molecule has 1 heterocycles. The SMILES string of the molecule is N#Cc1ccc(N2CCCN(C(N)=O)CC2)cc1. The number of hydrogen-bond acceptors (Lipinski definition) is 3. The van der Waals surface area contributed by atoms with E-state index in [2.05, 4.69) is 11.0 Å². The van der Waals surface area contributed by atoms with Crippen molar-refractivity contribution in [2.24, 2.45) is 5.73 Å². The predicted octanol–water partition coefficient (Wildman–Crippen LogP) is 1.15. The first kappa shape index (κ1) is 12.2. The number of carbonyl (C=O) groups excluding carboxylic acids is 1. The third-order valence-electron chi connectivity index (χ3n) is 3.17. The highest BCUT2D eigenvalue weighted by Gasteiger charge is 2.17. The van der Waals surface area contributed by atoms with Gasteiger partial charge in [0, 0.05) is 31.9 Å². The summed E-state index contributed by atoms with van der Waals surface area (Å²) in [7, 11) is 0. The average molecular weight is 244 g/mol. The van der Waals surface area contributed by atoms with Gasteiger partial charge >= 0.3 is 6.03 Å². The molecule has 0 radical (unpaired) electrons. The maximum atomic E-state index is 11.1. The van der Waals surface area contributed by atoms with Gasteiger partial charge in [0.15, 0.2) is 0 Å². The van der Waals surface area contributed by atoms with E-state index in [9.17, 15) is 4.79 Å². The van der Waals surface area contributed by atoms with Gasteiger partial charge in [-0.1, -0.05) is 0 Å². The lowest BCUT2D eigenvalue weighted by molar-refractivity contribution is 0.211. The molecule has 2 rings (SSSR count). The molecule has 0 saturated carbocycles. The van der Waals surface area contributed by atoms with Crippen molar-refractivity contribution >= 4 is 11.7 Å². The zero-order chi connectivity index (χ0) is 13.0. The van der Waals surface area contributed by atoms with Crippen molar-refractivity contribution < 1.29 is 4.79 Å². The number of rotatable bonds is 1. The maximum Gasteiger partial charge on any atom is 0.314 e. The van der Waals surface area contributed by atoms with Crippen LogP contribution >= 0.6 is 0 Å². The van der Waals surface area contributed by atoms with E-state index in [0.29, 0.717) is 18.7 Å². The van der Waals surface area contributed by atoms with E-state index in [1.54, 1.807) is 4.90 Å². The molecule has 0 unspecified atom stereocenters. The number of primary amides is 1. The fourth-order valence-electron chi connectivity index (χ4n) is 2.14. The molecule has 5 nitrogen and oxygen atoms in total. The first-order valence-electron chi connectivity index (χ1n) is 6.00. The molecule has 0 atom stereocenters. The van der Waals surface area contributed by atoms with Crippen LogP contribution in [-0.4, -0.2) is 37.1 Å². The van der Waals surface area contributed by atoms with Crippen LogP contribution in [0, 0.1) is 11.3 Å². The topological polar surface area (TPSA) is 73.4 Å². The molecule has 2 N–H and O–H groups in total.